The maximum absolute atomic E-state index is 6.37. The SMILES string of the molecule is C=C[Si](C)(C)OC(CCCC)CCCCCCCCCC. The van der Waals surface area contributed by atoms with Crippen LogP contribution < -0.4 is 0 Å². The summed E-state index contributed by atoms with van der Waals surface area (Å²) < 4.78 is 6.37. The van der Waals surface area contributed by atoms with E-state index in [1.807, 2.05) is 0 Å². The van der Waals surface area contributed by atoms with E-state index in [2.05, 4.69) is 39.2 Å². The highest BCUT2D eigenvalue weighted by Crippen LogP contribution is 2.19. The minimum atomic E-state index is -1.62. The largest absolute Gasteiger partial charge is 0.411 e. The molecule has 2 heteroatoms. The average Bonchev–Trinajstić information content (AvgIpc) is 2.47. The Hall–Kier alpha value is -0.0831. The smallest absolute Gasteiger partial charge is 0.210 e. The third kappa shape index (κ3) is 13.3. The first-order valence-electron chi connectivity index (χ1n) is 9.37. The first-order valence-corrected chi connectivity index (χ1v) is 12.4. The van der Waals surface area contributed by atoms with E-state index in [4.69, 9.17) is 4.43 Å². The van der Waals surface area contributed by atoms with Gasteiger partial charge in [0.2, 0.25) is 8.32 Å². The van der Waals surface area contributed by atoms with Crippen LogP contribution in [0, 0.1) is 0 Å². The van der Waals surface area contributed by atoms with Crippen LogP contribution in [0.5, 0.6) is 0 Å². The zero-order valence-corrected chi connectivity index (χ0v) is 16.3. The summed E-state index contributed by atoms with van der Waals surface area (Å²) >= 11 is 0. The van der Waals surface area contributed by atoms with E-state index in [0.29, 0.717) is 6.10 Å². The summed E-state index contributed by atoms with van der Waals surface area (Å²) in [6.07, 6.45) is 16.7. The Labute approximate surface area is 135 Å². The molecule has 0 radical (unpaired) electrons. The molecule has 0 aliphatic carbocycles. The van der Waals surface area contributed by atoms with Gasteiger partial charge in [-0.3, -0.25) is 0 Å². The summed E-state index contributed by atoms with van der Waals surface area (Å²) in [5, 5.41) is 0. The maximum atomic E-state index is 6.37. The van der Waals surface area contributed by atoms with Gasteiger partial charge in [0.1, 0.15) is 0 Å². The van der Waals surface area contributed by atoms with Gasteiger partial charge in [0, 0.05) is 6.10 Å². The van der Waals surface area contributed by atoms with Gasteiger partial charge in [0.15, 0.2) is 0 Å². The quantitative estimate of drug-likeness (QED) is 0.233. The highest BCUT2D eigenvalue weighted by Gasteiger charge is 2.22. The highest BCUT2D eigenvalue weighted by atomic mass is 28.4. The molecule has 0 aromatic rings. The molecule has 0 fully saturated rings. The van der Waals surface area contributed by atoms with Gasteiger partial charge in [-0.2, -0.15) is 0 Å². The second-order valence-electron chi connectivity index (χ2n) is 6.95. The van der Waals surface area contributed by atoms with Crippen molar-refractivity contribution >= 4 is 8.32 Å². The summed E-state index contributed by atoms with van der Waals surface area (Å²) in [4.78, 5) is 0. The Balaban J connectivity index is 3.78. The van der Waals surface area contributed by atoms with Crippen LogP contribution in [-0.2, 0) is 4.43 Å². The number of unbranched alkanes of at least 4 members (excludes halogenated alkanes) is 8. The Morgan fingerprint density at radius 3 is 1.81 bits per heavy atom. The van der Waals surface area contributed by atoms with E-state index < -0.39 is 8.32 Å². The van der Waals surface area contributed by atoms with E-state index in [1.54, 1.807) is 0 Å². The van der Waals surface area contributed by atoms with E-state index in [0.717, 1.165) is 0 Å². The van der Waals surface area contributed by atoms with Gasteiger partial charge in [-0.05, 0) is 25.9 Å². The van der Waals surface area contributed by atoms with E-state index in [9.17, 15) is 0 Å². The van der Waals surface area contributed by atoms with Crippen molar-refractivity contribution in [3.8, 4) is 0 Å². The summed E-state index contributed by atoms with van der Waals surface area (Å²) in [5.74, 6) is 0. The lowest BCUT2D eigenvalue weighted by molar-refractivity contribution is 0.168. The van der Waals surface area contributed by atoms with E-state index >= 15 is 0 Å². The van der Waals surface area contributed by atoms with Gasteiger partial charge in [0.05, 0.1) is 0 Å². The summed E-state index contributed by atoms with van der Waals surface area (Å²) in [7, 11) is -1.62. The predicted molar refractivity (Wildman–Crippen MR) is 99.3 cm³/mol. The molecular weight excluding hydrogens is 272 g/mol. The Bertz CT molecular complexity index is 238. The highest BCUT2D eigenvalue weighted by molar-refractivity contribution is 6.76. The van der Waals surface area contributed by atoms with Crippen molar-refractivity contribution in [2.45, 2.75) is 110 Å². The molecule has 0 aliphatic heterocycles. The number of rotatable bonds is 15. The van der Waals surface area contributed by atoms with E-state index in [-0.39, 0.29) is 0 Å². The summed E-state index contributed by atoms with van der Waals surface area (Å²) in [6.45, 7) is 13.0. The standard InChI is InChI=1S/C19H40OSi/c1-6-9-11-12-13-14-15-16-18-19(17-10-7-2)20-21(4,5)8-3/h8,19H,3,6-7,9-18H2,1-2,4-5H3. The molecule has 1 nitrogen and oxygen atoms in total. The fraction of sp³-hybridized carbons (Fsp3) is 0.895. The van der Waals surface area contributed by atoms with Crippen LogP contribution in [0.2, 0.25) is 13.1 Å². The molecule has 0 aromatic carbocycles. The molecule has 0 amide bonds. The lowest BCUT2D eigenvalue weighted by atomic mass is 10.0. The lowest BCUT2D eigenvalue weighted by Crippen LogP contribution is -2.33. The number of hydrogen-bond acceptors (Lipinski definition) is 1. The number of hydrogen-bond donors (Lipinski definition) is 0. The van der Waals surface area contributed by atoms with Crippen molar-refractivity contribution in [2.75, 3.05) is 0 Å². The molecule has 0 saturated carbocycles. The molecular formula is C19H40OSi. The minimum absolute atomic E-state index is 0.477. The van der Waals surface area contributed by atoms with Crippen molar-refractivity contribution in [3.05, 3.63) is 12.3 Å². The summed E-state index contributed by atoms with van der Waals surface area (Å²) in [6, 6.07) is 0. The van der Waals surface area contributed by atoms with E-state index in [1.165, 1.54) is 77.0 Å². The van der Waals surface area contributed by atoms with Crippen molar-refractivity contribution in [1.82, 2.24) is 0 Å². The van der Waals surface area contributed by atoms with Crippen LogP contribution in [0.1, 0.15) is 90.9 Å². The van der Waals surface area contributed by atoms with Crippen molar-refractivity contribution in [2.24, 2.45) is 0 Å². The fourth-order valence-corrected chi connectivity index (χ4v) is 3.87. The zero-order chi connectivity index (χ0) is 16.0. The fourth-order valence-electron chi connectivity index (χ4n) is 2.68. The molecule has 0 aromatic heterocycles. The molecule has 0 rings (SSSR count). The first kappa shape index (κ1) is 20.9. The van der Waals surface area contributed by atoms with Gasteiger partial charge in [-0.25, -0.2) is 0 Å². The van der Waals surface area contributed by atoms with Crippen LogP contribution in [-0.4, -0.2) is 14.4 Å². The molecule has 0 aliphatic rings. The van der Waals surface area contributed by atoms with Crippen molar-refractivity contribution in [1.29, 1.82) is 0 Å². The first-order chi connectivity index (χ1) is 10.1. The normalized spacial score (nSPS) is 13.3. The monoisotopic (exact) mass is 312 g/mol. The maximum Gasteiger partial charge on any atom is 0.210 e. The van der Waals surface area contributed by atoms with Crippen LogP contribution in [0.15, 0.2) is 12.3 Å². The Morgan fingerprint density at radius 1 is 0.810 bits per heavy atom. The van der Waals surface area contributed by atoms with Crippen molar-refractivity contribution in [3.63, 3.8) is 0 Å². The van der Waals surface area contributed by atoms with Gasteiger partial charge < -0.3 is 4.43 Å². The summed E-state index contributed by atoms with van der Waals surface area (Å²) in [5.41, 5.74) is 2.07. The topological polar surface area (TPSA) is 9.23 Å². The molecule has 1 unspecified atom stereocenters. The minimum Gasteiger partial charge on any atom is -0.411 e. The molecule has 0 N–H and O–H groups in total. The van der Waals surface area contributed by atoms with Crippen LogP contribution in [0.25, 0.3) is 0 Å². The van der Waals surface area contributed by atoms with Gasteiger partial charge >= 0.3 is 0 Å². The zero-order valence-electron chi connectivity index (χ0n) is 15.3. The van der Waals surface area contributed by atoms with Gasteiger partial charge in [0.25, 0.3) is 0 Å². The molecule has 0 heterocycles. The van der Waals surface area contributed by atoms with Crippen LogP contribution >= 0.6 is 0 Å². The van der Waals surface area contributed by atoms with Crippen molar-refractivity contribution < 1.29 is 4.43 Å². The lowest BCUT2D eigenvalue weighted by Gasteiger charge is -2.27. The third-order valence-electron chi connectivity index (χ3n) is 4.22. The van der Waals surface area contributed by atoms with Crippen LogP contribution in [0.4, 0.5) is 0 Å². The third-order valence-corrected chi connectivity index (χ3v) is 6.15. The molecule has 1 atom stereocenters. The molecule has 0 bridgehead atoms. The Morgan fingerprint density at radius 2 is 1.29 bits per heavy atom. The second-order valence-corrected chi connectivity index (χ2v) is 10.8. The predicted octanol–water partition coefficient (Wildman–Crippen LogP) is 7.02. The van der Waals surface area contributed by atoms with Gasteiger partial charge in [-0.15, -0.1) is 6.58 Å². The molecule has 21 heavy (non-hydrogen) atoms. The molecule has 0 saturated heterocycles. The average molecular weight is 313 g/mol. The van der Waals surface area contributed by atoms with Gasteiger partial charge in [-0.1, -0.05) is 83.8 Å². The van der Waals surface area contributed by atoms with Crippen LogP contribution in [0.3, 0.4) is 0 Å². The second kappa shape index (κ2) is 13.6. The molecule has 0 spiro atoms. The Kier molecular flexibility index (Phi) is 13.5. The molecule has 126 valence electrons.